The van der Waals surface area contributed by atoms with Gasteiger partial charge in [-0.15, -0.1) is 0 Å². The highest BCUT2D eigenvalue weighted by atomic mass is 35.5. The van der Waals surface area contributed by atoms with Crippen LogP contribution in [0.25, 0.3) is 0 Å². The van der Waals surface area contributed by atoms with Crippen LogP contribution in [0.4, 0.5) is 0 Å². The quantitative estimate of drug-likeness (QED) is 0.731. The monoisotopic (exact) mass is 433 g/mol. The van der Waals surface area contributed by atoms with Crippen LogP contribution >= 0.6 is 11.6 Å². The number of rotatable bonds is 3. The van der Waals surface area contributed by atoms with Crippen molar-refractivity contribution in [1.29, 1.82) is 0 Å². The van der Waals surface area contributed by atoms with E-state index in [-0.39, 0.29) is 36.3 Å². The number of amides is 3. The Morgan fingerprint density at radius 3 is 2.57 bits per heavy atom. The molecule has 0 aromatic heterocycles. The molecule has 3 amide bonds. The third-order valence-corrected chi connectivity index (χ3v) is 6.60. The highest BCUT2D eigenvalue weighted by Crippen LogP contribution is 2.25. The minimum atomic E-state index is -0.163. The van der Waals surface area contributed by atoms with Gasteiger partial charge in [0.1, 0.15) is 6.61 Å². The smallest absolute Gasteiger partial charge is 0.253 e. The van der Waals surface area contributed by atoms with Crippen molar-refractivity contribution < 1.29 is 19.1 Å². The summed E-state index contributed by atoms with van der Waals surface area (Å²) in [6, 6.07) is 7.14. The SMILES string of the molecule is O=C(c1cccc(Cl)c1)N1CCCC(C(=O)N2CCC(N3CCOCC3=O)CC2)C1. The van der Waals surface area contributed by atoms with Crippen molar-refractivity contribution in [1.82, 2.24) is 14.7 Å². The predicted octanol–water partition coefficient (Wildman–Crippen LogP) is 2.04. The van der Waals surface area contributed by atoms with Gasteiger partial charge in [0.05, 0.1) is 12.5 Å². The van der Waals surface area contributed by atoms with Gasteiger partial charge in [-0.3, -0.25) is 14.4 Å². The molecule has 1 atom stereocenters. The van der Waals surface area contributed by atoms with Crippen molar-refractivity contribution in [2.24, 2.45) is 5.92 Å². The molecule has 1 unspecified atom stereocenters. The fourth-order valence-corrected chi connectivity index (χ4v) is 4.93. The van der Waals surface area contributed by atoms with E-state index in [9.17, 15) is 14.4 Å². The standard InChI is InChI=1S/C22H28ClN3O4/c23-18-5-1-3-16(13-18)21(28)25-8-2-4-17(14-25)22(29)24-9-6-19(7-10-24)26-11-12-30-15-20(26)27/h1,3,5,13,17,19H,2,4,6-12,14-15H2. The van der Waals surface area contributed by atoms with Gasteiger partial charge in [0.25, 0.3) is 5.91 Å². The Labute approximate surface area is 181 Å². The average molecular weight is 434 g/mol. The fourth-order valence-electron chi connectivity index (χ4n) is 4.74. The molecule has 1 aromatic rings. The third kappa shape index (κ3) is 4.62. The van der Waals surface area contributed by atoms with Crippen molar-refractivity contribution in [3.8, 4) is 0 Å². The Hall–Kier alpha value is -2.12. The molecule has 3 fully saturated rings. The van der Waals surface area contributed by atoms with E-state index in [0.29, 0.717) is 49.9 Å². The molecule has 0 bridgehead atoms. The first-order valence-corrected chi connectivity index (χ1v) is 11.1. The second-order valence-electron chi connectivity index (χ2n) is 8.30. The molecule has 7 nitrogen and oxygen atoms in total. The molecule has 162 valence electrons. The highest BCUT2D eigenvalue weighted by molar-refractivity contribution is 6.30. The van der Waals surface area contributed by atoms with E-state index in [0.717, 1.165) is 25.7 Å². The van der Waals surface area contributed by atoms with Crippen molar-refractivity contribution in [3.05, 3.63) is 34.9 Å². The lowest BCUT2D eigenvalue weighted by Gasteiger charge is -2.41. The van der Waals surface area contributed by atoms with Crippen LogP contribution in [0, 0.1) is 5.92 Å². The molecule has 3 saturated heterocycles. The lowest BCUT2D eigenvalue weighted by atomic mass is 9.94. The molecule has 30 heavy (non-hydrogen) atoms. The van der Waals surface area contributed by atoms with E-state index in [2.05, 4.69) is 0 Å². The lowest BCUT2D eigenvalue weighted by Crippen LogP contribution is -2.54. The van der Waals surface area contributed by atoms with Crippen LogP contribution in [0.5, 0.6) is 0 Å². The van der Waals surface area contributed by atoms with E-state index in [1.807, 2.05) is 9.80 Å². The van der Waals surface area contributed by atoms with Crippen LogP contribution in [-0.4, -0.2) is 84.4 Å². The van der Waals surface area contributed by atoms with Gasteiger partial charge < -0.3 is 19.4 Å². The van der Waals surface area contributed by atoms with E-state index in [1.165, 1.54) is 0 Å². The minimum absolute atomic E-state index is 0.0495. The number of ether oxygens (including phenoxy) is 1. The van der Waals surface area contributed by atoms with Crippen LogP contribution < -0.4 is 0 Å². The molecule has 1 aromatic carbocycles. The van der Waals surface area contributed by atoms with Crippen molar-refractivity contribution in [2.45, 2.75) is 31.7 Å². The predicted molar refractivity (Wildman–Crippen MR) is 112 cm³/mol. The zero-order chi connectivity index (χ0) is 21.1. The van der Waals surface area contributed by atoms with Gasteiger partial charge in [-0.2, -0.15) is 0 Å². The van der Waals surface area contributed by atoms with E-state index in [1.54, 1.807) is 29.2 Å². The number of halogens is 1. The van der Waals surface area contributed by atoms with Crippen LogP contribution in [0.2, 0.25) is 5.02 Å². The fraction of sp³-hybridized carbons (Fsp3) is 0.591. The molecule has 8 heteroatoms. The first kappa shape index (κ1) is 21.1. The lowest BCUT2D eigenvalue weighted by molar-refractivity contribution is -0.148. The number of nitrogens with zero attached hydrogens (tertiary/aromatic N) is 3. The molecule has 4 rings (SSSR count). The summed E-state index contributed by atoms with van der Waals surface area (Å²) >= 11 is 6.02. The summed E-state index contributed by atoms with van der Waals surface area (Å²) in [6.45, 7) is 3.82. The molecule has 3 heterocycles. The van der Waals surface area contributed by atoms with Crippen LogP contribution in [0.3, 0.4) is 0 Å². The second-order valence-corrected chi connectivity index (χ2v) is 8.73. The summed E-state index contributed by atoms with van der Waals surface area (Å²) in [5.74, 6) is -0.0539. The van der Waals surface area contributed by atoms with Gasteiger partial charge in [-0.1, -0.05) is 17.7 Å². The number of benzene rings is 1. The Balaban J connectivity index is 1.32. The zero-order valence-corrected chi connectivity index (χ0v) is 17.9. The molecule has 0 aliphatic carbocycles. The molecular weight excluding hydrogens is 406 g/mol. The molecule has 0 spiro atoms. The highest BCUT2D eigenvalue weighted by Gasteiger charge is 2.35. The Kier molecular flexibility index (Phi) is 6.58. The molecule has 3 aliphatic heterocycles. The number of hydrogen-bond acceptors (Lipinski definition) is 4. The van der Waals surface area contributed by atoms with Crippen molar-refractivity contribution in [3.63, 3.8) is 0 Å². The number of carbonyl (C=O) groups excluding carboxylic acids is 3. The van der Waals surface area contributed by atoms with E-state index >= 15 is 0 Å². The van der Waals surface area contributed by atoms with Crippen molar-refractivity contribution in [2.75, 3.05) is 45.9 Å². The van der Waals surface area contributed by atoms with Gasteiger partial charge in [0, 0.05) is 49.4 Å². The van der Waals surface area contributed by atoms with Gasteiger partial charge in [-0.05, 0) is 43.9 Å². The van der Waals surface area contributed by atoms with Gasteiger partial charge in [-0.25, -0.2) is 0 Å². The number of piperidine rings is 2. The molecule has 0 saturated carbocycles. The van der Waals surface area contributed by atoms with Crippen LogP contribution in [-0.2, 0) is 14.3 Å². The van der Waals surface area contributed by atoms with E-state index in [4.69, 9.17) is 16.3 Å². The van der Waals surface area contributed by atoms with Gasteiger partial charge in [0.2, 0.25) is 11.8 Å². The summed E-state index contributed by atoms with van der Waals surface area (Å²) in [6.07, 6.45) is 3.23. The number of carbonyl (C=O) groups is 3. The maximum atomic E-state index is 13.1. The van der Waals surface area contributed by atoms with Crippen LogP contribution in [0.15, 0.2) is 24.3 Å². The van der Waals surface area contributed by atoms with Gasteiger partial charge >= 0.3 is 0 Å². The summed E-state index contributed by atoms with van der Waals surface area (Å²) < 4.78 is 5.21. The molecular formula is C22H28ClN3O4. The molecule has 0 N–H and O–H groups in total. The van der Waals surface area contributed by atoms with E-state index < -0.39 is 0 Å². The minimum Gasteiger partial charge on any atom is -0.370 e. The summed E-state index contributed by atoms with van der Waals surface area (Å²) in [5, 5.41) is 0.534. The average Bonchev–Trinajstić information content (AvgIpc) is 2.79. The Bertz CT molecular complexity index is 809. The summed E-state index contributed by atoms with van der Waals surface area (Å²) in [4.78, 5) is 43.6. The largest absolute Gasteiger partial charge is 0.370 e. The van der Waals surface area contributed by atoms with Gasteiger partial charge in [0.15, 0.2) is 0 Å². The molecule has 3 aliphatic rings. The summed E-state index contributed by atoms with van der Waals surface area (Å²) in [7, 11) is 0. The second kappa shape index (κ2) is 9.35. The number of hydrogen-bond donors (Lipinski definition) is 0. The topological polar surface area (TPSA) is 70.2 Å². The summed E-state index contributed by atoms with van der Waals surface area (Å²) in [5.41, 5.74) is 0.562. The first-order chi connectivity index (χ1) is 14.5. The number of morpholine rings is 1. The maximum absolute atomic E-state index is 13.1. The normalized spacial score (nSPS) is 23.6. The Morgan fingerprint density at radius 2 is 1.83 bits per heavy atom. The maximum Gasteiger partial charge on any atom is 0.253 e. The molecule has 0 radical (unpaired) electrons. The van der Waals surface area contributed by atoms with Crippen LogP contribution in [0.1, 0.15) is 36.0 Å². The first-order valence-electron chi connectivity index (χ1n) is 10.7. The number of likely N-dealkylation sites (tertiary alicyclic amines) is 2. The zero-order valence-electron chi connectivity index (χ0n) is 17.1. The van der Waals surface area contributed by atoms with Crippen molar-refractivity contribution >= 4 is 29.3 Å². The Morgan fingerprint density at radius 1 is 1.03 bits per heavy atom. The third-order valence-electron chi connectivity index (χ3n) is 6.37.